The quantitative estimate of drug-likeness (QED) is 0.618. The average Bonchev–Trinajstić information content (AvgIpc) is 3.15. The number of benzene rings is 2. The maximum Gasteiger partial charge on any atom is 0.161 e. The molecule has 3 rings (SSSR count). The van der Waals surface area contributed by atoms with E-state index in [0.717, 1.165) is 11.1 Å². The van der Waals surface area contributed by atoms with Gasteiger partial charge >= 0.3 is 0 Å². The van der Waals surface area contributed by atoms with Gasteiger partial charge in [0, 0.05) is 15.6 Å². The van der Waals surface area contributed by atoms with E-state index in [1.165, 1.54) is 0 Å². The van der Waals surface area contributed by atoms with Crippen molar-refractivity contribution in [2.75, 3.05) is 12.0 Å². The highest BCUT2D eigenvalue weighted by atomic mass is 35.5. The molecule has 0 fully saturated rings. The van der Waals surface area contributed by atoms with Crippen molar-refractivity contribution in [3.05, 3.63) is 70.2 Å². The summed E-state index contributed by atoms with van der Waals surface area (Å²) in [4.78, 5) is 0. The van der Waals surface area contributed by atoms with Crippen LogP contribution in [0.1, 0.15) is 18.1 Å². The summed E-state index contributed by atoms with van der Waals surface area (Å²) in [5.74, 6) is 1.30. The minimum atomic E-state index is 0.261. The summed E-state index contributed by atoms with van der Waals surface area (Å²) in [6.45, 7) is 3.31. The van der Waals surface area contributed by atoms with Crippen LogP contribution in [0.15, 0.2) is 49.1 Å². The molecule has 1 heterocycles. The van der Waals surface area contributed by atoms with Crippen LogP contribution in [0.4, 0.5) is 0 Å². The molecule has 0 aliphatic heterocycles. The third kappa shape index (κ3) is 4.59. The van der Waals surface area contributed by atoms with Crippen molar-refractivity contribution in [3.8, 4) is 11.5 Å². The van der Waals surface area contributed by atoms with Crippen LogP contribution in [0.3, 0.4) is 0 Å². The van der Waals surface area contributed by atoms with Crippen LogP contribution in [0.25, 0.3) is 0 Å². The second-order valence-electron chi connectivity index (χ2n) is 5.41. The minimum absolute atomic E-state index is 0.261. The first-order chi connectivity index (χ1) is 12.7. The van der Waals surface area contributed by atoms with Gasteiger partial charge in [-0.2, -0.15) is 0 Å². The van der Waals surface area contributed by atoms with Crippen molar-refractivity contribution >= 4 is 23.2 Å². The molecule has 0 amide bonds. The van der Waals surface area contributed by atoms with Crippen molar-refractivity contribution in [1.82, 2.24) is 14.9 Å². The van der Waals surface area contributed by atoms with E-state index in [1.807, 2.05) is 25.1 Å². The highest BCUT2D eigenvalue weighted by Gasteiger charge is 2.10. The number of hydrogen-bond donors (Lipinski definition) is 1. The SMILES string of the molecule is CCOc1cc(CNn2cnnc2)ccc1OCc1c(Cl)cccc1Cl. The summed E-state index contributed by atoms with van der Waals surface area (Å²) in [5.41, 5.74) is 4.94. The summed E-state index contributed by atoms with van der Waals surface area (Å²) in [5, 5.41) is 8.64. The van der Waals surface area contributed by atoms with Crippen molar-refractivity contribution in [1.29, 1.82) is 0 Å². The number of hydrogen-bond acceptors (Lipinski definition) is 5. The fraction of sp³-hybridized carbons (Fsp3) is 0.222. The van der Waals surface area contributed by atoms with Crippen molar-refractivity contribution in [2.24, 2.45) is 0 Å². The van der Waals surface area contributed by atoms with E-state index in [9.17, 15) is 0 Å². The molecule has 6 nitrogen and oxygen atoms in total. The number of nitrogens with zero attached hydrogens (tertiary/aromatic N) is 3. The zero-order valence-electron chi connectivity index (χ0n) is 14.2. The molecule has 0 unspecified atom stereocenters. The Labute approximate surface area is 161 Å². The van der Waals surface area contributed by atoms with E-state index >= 15 is 0 Å². The normalized spacial score (nSPS) is 10.6. The van der Waals surface area contributed by atoms with Gasteiger partial charge < -0.3 is 14.9 Å². The molecule has 0 atom stereocenters. The van der Waals surface area contributed by atoms with Gasteiger partial charge in [-0.05, 0) is 36.8 Å². The molecule has 8 heteroatoms. The standard InChI is InChI=1S/C18H18Cl2N4O2/c1-2-25-18-8-13(9-23-24-11-21-22-12-24)6-7-17(18)26-10-14-15(19)4-3-5-16(14)20/h3-8,11-12,23H,2,9-10H2,1H3. The predicted octanol–water partition coefficient (Wildman–Crippen LogP) is 4.31. The largest absolute Gasteiger partial charge is 0.490 e. The number of aromatic nitrogens is 3. The lowest BCUT2D eigenvalue weighted by molar-refractivity contribution is 0.269. The summed E-state index contributed by atoms with van der Waals surface area (Å²) in [6, 6.07) is 11.1. The Hall–Kier alpha value is -2.44. The number of nitrogens with one attached hydrogen (secondary N) is 1. The monoisotopic (exact) mass is 392 g/mol. The van der Waals surface area contributed by atoms with Gasteiger partial charge in [0.15, 0.2) is 11.5 Å². The smallest absolute Gasteiger partial charge is 0.161 e. The van der Waals surface area contributed by atoms with Crippen LogP contribution in [-0.2, 0) is 13.2 Å². The Morgan fingerprint density at radius 3 is 2.42 bits per heavy atom. The second-order valence-corrected chi connectivity index (χ2v) is 6.22. The van der Waals surface area contributed by atoms with E-state index in [0.29, 0.717) is 34.7 Å². The van der Waals surface area contributed by atoms with Gasteiger partial charge in [-0.25, -0.2) is 4.68 Å². The Morgan fingerprint density at radius 1 is 1.00 bits per heavy atom. The molecule has 1 aromatic heterocycles. The zero-order valence-corrected chi connectivity index (χ0v) is 15.7. The van der Waals surface area contributed by atoms with Crippen LogP contribution >= 0.6 is 23.2 Å². The molecular weight excluding hydrogens is 375 g/mol. The van der Waals surface area contributed by atoms with Gasteiger partial charge in [-0.15, -0.1) is 10.2 Å². The maximum atomic E-state index is 6.20. The van der Waals surface area contributed by atoms with Crippen molar-refractivity contribution in [3.63, 3.8) is 0 Å². The molecule has 0 spiro atoms. The van der Waals surface area contributed by atoms with E-state index in [-0.39, 0.29) is 6.61 Å². The van der Waals surface area contributed by atoms with E-state index in [4.69, 9.17) is 32.7 Å². The maximum absolute atomic E-state index is 6.20. The van der Waals surface area contributed by atoms with Gasteiger partial charge in [0.05, 0.1) is 13.2 Å². The van der Waals surface area contributed by atoms with Crippen LogP contribution in [0, 0.1) is 0 Å². The number of ether oxygens (including phenoxy) is 2. The molecule has 0 aliphatic rings. The van der Waals surface area contributed by atoms with E-state index in [1.54, 1.807) is 35.5 Å². The van der Waals surface area contributed by atoms with Gasteiger partial charge in [0.25, 0.3) is 0 Å². The molecule has 2 aromatic carbocycles. The average molecular weight is 393 g/mol. The first-order valence-electron chi connectivity index (χ1n) is 8.07. The van der Waals surface area contributed by atoms with Crippen LogP contribution in [-0.4, -0.2) is 21.5 Å². The lowest BCUT2D eigenvalue weighted by Gasteiger charge is -2.15. The Balaban J connectivity index is 1.71. The van der Waals surface area contributed by atoms with Crippen molar-refractivity contribution < 1.29 is 9.47 Å². The van der Waals surface area contributed by atoms with Crippen LogP contribution in [0.2, 0.25) is 10.0 Å². The highest BCUT2D eigenvalue weighted by Crippen LogP contribution is 2.31. The molecule has 26 heavy (non-hydrogen) atoms. The van der Waals surface area contributed by atoms with Crippen LogP contribution < -0.4 is 14.9 Å². The highest BCUT2D eigenvalue weighted by molar-refractivity contribution is 6.35. The van der Waals surface area contributed by atoms with E-state index in [2.05, 4.69) is 15.6 Å². The lowest BCUT2D eigenvalue weighted by Crippen LogP contribution is -2.12. The van der Waals surface area contributed by atoms with Gasteiger partial charge in [-0.1, -0.05) is 35.3 Å². The number of rotatable bonds is 8. The molecular formula is C18H18Cl2N4O2. The Kier molecular flexibility index (Phi) is 6.20. The summed E-state index contributed by atoms with van der Waals surface area (Å²) in [6.07, 6.45) is 3.18. The predicted molar refractivity (Wildman–Crippen MR) is 101 cm³/mol. The summed E-state index contributed by atoms with van der Waals surface area (Å²) in [7, 11) is 0. The van der Waals surface area contributed by atoms with E-state index < -0.39 is 0 Å². The molecule has 0 saturated carbocycles. The minimum Gasteiger partial charge on any atom is -0.490 e. The lowest BCUT2D eigenvalue weighted by atomic mass is 10.2. The van der Waals surface area contributed by atoms with Crippen molar-refractivity contribution in [2.45, 2.75) is 20.1 Å². The molecule has 0 radical (unpaired) electrons. The first kappa shape index (κ1) is 18.4. The Morgan fingerprint density at radius 2 is 1.73 bits per heavy atom. The summed E-state index contributed by atoms with van der Waals surface area (Å²) < 4.78 is 13.3. The van der Waals surface area contributed by atoms with Crippen LogP contribution in [0.5, 0.6) is 11.5 Å². The molecule has 136 valence electrons. The number of halogens is 2. The first-order valence-corrected chi connectivity index (χ1v) is 8.83. The fourth-order valence-corrected chi connectivity index (χ4v) is 2.84. The zero-order chi connectivity index (χ0) is 18.4. The fourth-order valence-electron chi connectivity index (χ4n) is 2.34. The third-order valence-electron chi connectivity index (χ3n) is 3.63. The molecule has 0 bridgehead atoms. The second kappa shape index (κ2) is 8.78. The van der Waals surface area contributed by atoms with Gasteiger partial charge in [0.1, 0.15) is 19.3 Å². The van der Waals surface area contributed by atoms with Gasteiger partial charge in [0.2, 0.25) is 0 Å². The molecule has 1 N–H and O–H groups in total. The molecule has 0 aliphatic carbocycles. The summed E-state index contributed by atoms with van der Waals surface area (Å²) >= 11 is 12.4. The molecule has 3 aromatic rings. The van der Waals surface area contributed by atoms with Gasteiger partial charge in [-0.3, -0.25) is 0 Å². The third-order valence-corrected chi connectivity index (χ3v) is 4.33. The molecule has 0 saturated heterocycles. The topological polar surface area (TPSA) is 61.2 Å². The Bertz CT molecular complexity index is 836.